The summed E-state index contributed by atoms with van der Waals surface area (Å²) in [5.41, 5.74) is 2.81. The number of imidazole rings is 1. The highest BCUT2D eigenvalue weighted by atomic mass is 32.2. The fourth-order valence-corrected chi connectivity index (χ4v) is 5.57. The van der Waals surface area contributed by atoms with Crippen LogP contribution < -0.4 is 5.32 Å². The van der Waals surface area contributed by atoms with Crippen LogP contribution in [0.5, 0.6) is 0 Å². The normalized spacial score (nSPS) is 14.8. The Labute approximate surface area is 175 Å². The van der Waals surface area contributed by atoms with Crippen LogP contribution in [0, 0.1) is 0 Å². The summed E-state index contributed by atoms with van der Waals surface area (Å²) in [4.78, 5) is 42.0. The number of nitrogens with one attached hydrogen (secondary N) is 2. The van der Waals surface area contributed by atoms with Crippen molar-refractivity contribution in [1.82, 2.24) is 19.9 Å². The smallest absolute Gasteiger partial charge is 0.341 e. The van der Waals surface area contributed by atoms with Crippen LogP contribution in [0.2, 0.25) is 0 Å². The molecular formula is C19H21N5O3S2. The lowest BCUT2D eigenvalue weighted by atomic mass is 10.1. The van der Waals surface area contributed by atoms with Crippen molar-refractivity contribution in [3.63, 3.8) is 0 Å². The number of ether oxygens (including phenoxy) is 1. The zero-order valence-electron chi connectivity index (χ0n) is 16.2. The largest absolute Gasteiger partial charge is 0.465 e. The number of thiophene rings is 1. The van der Waals surface area contributed by atoms with Gasteiger partial charge in [-0.1, -0.05) is 18.2 Å². The van der Waals surface area contributed by atoms with Crippen LogP contribution in [0.25, 0.3) is 11.2 Å². The number of hydrogen-bond acceptors (Lipinski definition) is 8. The molecule has 0 bridgehead atoms. The summed E-state index contributed by atoms with van der Waals surface area (Å²) in [5, 5.41) is 3.76. The zero-order valence-corrected chi connectivity index (χ0v) is 17.8. The van der Waals surface area contributed by atoms with Crippen LogP contribution in [0.4, 0.5) is 5.00 Å². The predicted molar refractivity (Wildman–Crippen MR) is 113 cm³/mol. The second-order valence-electron chi connectivity index (χ2n) is 6.79. The number of methoxy groups -OCH3 is 1. The molecule has 8 nitrogen and oxygen atoms in total. The number of nitrogens with zero attached hydrogens (tertiary/aromatic N) is 3. The molecule has 152 valence electrons. The van der Waals surface area contributed by atoms with E-state index in [1.54, 1.807) is 13.3 Å². The van der Waals surface area contributed by atoms with E-state index in [0.717, 1.165) is 37.7 Å². The number of carbonyl (C=O) groups is 2. The Balaban J connectivity index is 1.56. The number of thioether (sulfide) groups is 1. The van der Waals surface area contributed by atoms with E-state index in [9.17, 15) is 9.59 Å². The highest BCUT2D eigenvalue weighted by Gasteiger charge is 2.27. The first-order valence-electron chi connectivity index (χ1n) is 9.43. The first-order chi connectivity index (χ1) is 14.1. The molecule has 10 heteroatoms. The van der Waals surface area contributed by atoms with Gasteiger partial charge < -0.3 is 15.0 Å². The Kier molecular flexibility index (Phi) is 5.81. The molecule has 3 aromatic rings. The maximum atomic E-state index is 12.9. The molecule has 1 atom stereocenters. The Hall–Kier alpha value is -2.46. The molecule has 0 aromatic carbocycles. The molecule has 1 unspecified atom stereocenters. The molecule has 1 aliphatic carbocycles. The van der Waals surface area contributed by atoms with E-state index >= 15 is 0 Å². The number of carbonyl (C=O) groups excluding carboxylic acids is 2. The SMILES string of the molecule is COC(=O)c1c(NC(=O)C(C)Sc2ncnc3nc[nH]c23)sc2c1CCCCC2. The Morgan fingerprint density at radius 2 is 2.07 bits per heavy atom. The van der Waals surface area contributed by atoms with Crippen molar-refractivity contribution in [3.05, 3.63) is 28.7 Å². The molecule has 3 heterocycles. The number of aromatic amines is 1. The van der Waals surface area contributed by atoms with Crippen molar-refractivity contribution in [2.75, 3.05) is 12.4 Å². The van der Waals surface area contributed by atoms with Gasteiger partial charge in [0, 0.05) is 4.88 Å². The molecular weight excluding hydrogens is 410 g/mol. The molecule has 0 saturated heterocycles. The van der Waals surface area contributed by atoms with Crippen molar-refractivity contribution in [2.24, 2.45) is 0 Å². The molecule has 0 fully saturated rings. The number of H-pyrrole nitrogens is 1. The lowest BCUT2D eigenvalue weighted by molar-refractivity contribution is -0.115. The molecule has 0 aliphatic heterocycles. The number of aromatic nitrogens is 4. The molecule has 2 N–H and O–H groups in total. The highest BCUT2D eigenvalue weighted by molar-refractivity contribution is 8.00. The van der Waals surface area contributed by atoms with Crippen molar-refractivity contribution >= 4 is 51.1 Å². The van der Waals surface area contributed by atoms with Crippen LogP contribution >= 0.6 is 23.1 Å². The van der Waals surface area contributed by atoms with Crippen LogP contribution in [0.3, 0.4) is 0 Å². The molecule has 4 rings (SSSR count). The van der Waals surface area contributed by atoms with Gasteiger partial charge in [-0.25, -0.2) is 19.7 Å². The summed E-state index contributed by atoms with van der Waals surface area (Å²) in [5.74, 6) is -0.585. The van der Waals surface area contributed by atoms with Gasteiger partial charge in [-0.05, 0) is 38.2 Å². The Morgan fingerprint density at radius 1 is 1.24 bits per heavy atom. The Bertz CT molecular complexity index is 1060. The van der Waals surface area contributed by atoms with Gasteiger partial charge in [0.2, 0.25) is 5.91 Å². The number of rotatable bonds is 5. The van der Waals surface area contributed by atoms with Crippen molar-refractivity contribution in [1.29, 1.82) is 0 Å². The third-order valence-corrected chi connectivity index (χ3v) is 7.20. The van der Waals surface area contributed by atoms with Crippen LogP contribution in [0.15, 0.2) is 17.7 Å². The fraction of sp³-hybridized carbons (Fsp3) is 0.421. The second-order valence-corrected chi connectivity index (χ2v) is 9.22. The van der Waals surface area contributed by atoms with Crippen molar-refractivity contribution in [2.45, 2.75) is 49.3 Å². The second kappa shape index (κ2) is 8.50. The number of hydrogen-bond donors (Lipinski definition) is 2. The van der Waals surface area contributed by atoms with Crippen molar-refractivity contribution < 1.29 is 14.3 Å². The van der Waals surface area contributed by atoms with Crippen LogP contribution in [-0.2, 0) is 22.4 Å². The van der Waals surface area contributed by atoms with Gasteiger partial charge >= 0.3 is 5.97 Å². The summed E-state index contributed by atoms with van der Waals surface area (Å²) in [6.07, 6.45) is 8.05. The summed E-state index contributed by atoms with van der Waals surface area (Å²) in [7, 11) is 1.37. The molecule has 29 heavy (non-hydrogen) atoms. The molecule has 1 aliphatic rings. The van der Waals surface area contributed by atoms with Gasteiger partial charge in [-0.3, -0.25) is 4.79 Å². The third-order valence-electron chi connectivity index (χ3n) is 4.89. The molecule has 0 radical (unpaired) electrons. The zero-order chi connectivity index (χ0) is 20.4. The van der Waals surface area contributed by atoms with E-state index in [1.165, 1.54) is 41.4 Å². The van der Waals surface area contributed by atoms with Gasteiger partial charge in [-0.15, -0.1) is 11.3 Å². The highest BCUT2D eigenvalue weighted by Crippen LogP contribution is 2.38. The van der Waals surface area contributed by atoms with Gasteiger partial charge in [0.25, 0.3) is 0 Å². The summed E-state index contributed by atoms with van der Waals surface area (Å²) in [6.45, 7) is 1.81. The van der Waals surface area contributed by atoms with E-state index in [0.29, 0.717) is 26.8 Å². The summed E-state index contributed by atoms with van der Waals surface area (Å²) >= 11 is 2.81. The van der Waals surface area contributed by atoms with Gasteiger partial charge in [0.1, 0.15) is 21.9 Å². The number of anilines is 1. The fourth-order valence-electron chi connectivity index (χ4n) is 3.42. The standard InChI is InChI=1S/C19H21N5O3S2/c1-10(28-18-14-15(21-8-20-14)22-9-23-18)16(25)24-17-13(19(26)27-2)11-6-4-3-5-7-12(11)29-17/h8-10H,3-7H2,1-2H3,(H,24,25)(H,20,21,22,23). The number of esters is 1. The molecule has 1 amide bonds. The van der Waals surface area contributed by atoms with E-state index in [4.69, 9.17) is 4.74 Å². The average molecular weight is 432 g/mol. The van der Waals surface area contributed by atoms with E-state index in [2.05, 4.69) is 25.3 Å². The number of fused-ring (bicyclic) bond motifs is 2. The maximum absolute atomic E-state index is 12.9. The average Bonchev–Trinajstić information content (AvgIpc) is 3.26. The minimum atomic E-state index is -0.427. The minimum Gasteiger partial charge on any atom is -0.465 e. The lowest BCUT2D eigenvalue weighted by Gasteiger charge is -2.12. The molecule has 0 saturated carbocycles. The quantitative estimate of drug-likeness (QED) is 0.275. The molecule has 3 aromatic heterocycles. The first-order valence-corrected chi connectivity index (χ1v) is 11.1. The van der Waals surface area contributed by atoms with E-state index in [-0.39, 0.29) is 5.91 Å². The monoisotopic (exact) mass is 431 g/mol. The van der Waals surface area contributed by atoms with E-state index in [1.807, 2.05) is 0 Å². The predicted octanol–water partition coefficient (Wildman–Crippen LogP) is 3.59. The summed E-state index contributed by atoms with van der Waals surface area (Å²) in [6, 6.07) is 0. The van der Waals surface area contributed by atoms with Crippen molar-refractivity contribution in [3.8, 4) is 0 Å². The van der Waals surface area contributed by atoms with Gasteiger partial charge in [0.15, 0.2) is 5.65 Å². The Morgan fingerprint density at radius 3 is 2.90 bits per heavy atom. The van der Waals surface area contributed by atoms with Gasteiger partial charge in [-0.2, -0.15) is 0 Å². The van der Waals surface area contributed by atoms with Gasteiger partial charge in [0.05, 0.1) is 24.3 Å². The summed E-state index contributed by atoms with van der Waals surface area (Å²) < 4.78 is 5.00. The minimum absolute atomic E-state index is 0.192. The van der Waals surface area contributed by atoms with Crippen LogP contribution in [-0.4, -0.2) is 44.2 Å². The third kappa shape index (κ3) is 3.99. The number of amides is 1. The molecule has 0 spiro atoms. The lowest BCUT2D eigenvalue weighted by Crippen LogP contribution is -2.23. The maximum Gasteiger partial charge on any atom is 0.341 e. The number of aryl methyl sites for hydroxylation is 1. The van der Waals surface area contributed by atoms with Crippen LogP contribution in [0.1, 0.15) is 47.0 Å². The topological polar surface area (TPSA) is 110 Å². The first kappa shape index (κ1) is 19.8. The van der Waals surface area contributed by atoms with E-state index < -0.39 is 11.2 Å².